The topological polar surface area (TPSA) is 555 Å². The van der Waals surface area contributed by atoms with Gasteiger partial charge in [0.1, 0.15) is 48.0 Å². The maximum Gasteiger partial charge on any atom is 0.255 e. The van der Waals surface area contributed by atoms with Gasteiger partial charge in [0, 0.05) is 32.6 Å². The minimum atomic E-state index is -2.00. The van der Waals surface area contributed by atoms with Gasteiger partial charge in [-0.3, -0.25) is 67.5 Å². The van der Waals surface area contributed by atoms with Crippen molar-refractivity contribution in [3.8, 4) is 5.75 Å². The number of likely N-dealkylation sites (tertiary alicyclic amines) is 1. The number of unbranched alkanes of at least 4 members (excludes halogenated alkanes) is 1. The van der Waals surface area contributed by atoms with Crippen molar-refractivity contribution in [1.29, 1.82) is 0 Å². The van der Waals surface area contributed by atoms with E-state index >= 15 is 0 Å². The SMILES string of the molecule is CC[C@H](C)[C@@H]1NC(=O)[C@H](CCCN=C(N)N)NC(=O)[C@H](CCCN=C(N)N)NC(=O)[C@@H](NC(=O)[C@H](Cc2ccccc2)NC(=O)CNC(=O)CNC(=O)[C@@H](N)Cc2ccc(O)cc2)CCCCNC(=O)[C@@H](C(=O)N2CCC[C@H]2C(=O)N[C@@H](CCCCN)C(N)=O)NC1=O. The number of aromatic hydroxyl groups is 1. The maximum atomic E-state index is 14.8. The van der Waals surface area contributed by atoms with Crippen molar-refractivity contribution in [2.24, 2.45) is 56.0 Å². The number of nitrogens with two attached hydrogens (primary N) is 7. The van der Waals surface area contributed by atoms with Gasteiger partial charge in [0.25, 0.3) is 11.8 Å². The smallest absolute Gasteiger partial charge is 0.255 e. The Morgan fingerprint density at radius 2 is 1.27 bits per heavy atom. The molecule has 2 aliphatic rings. The maximum absolute atomic E-state index is 14.8. The first-order valence-electron chi connectivity index (χ1n) is 31.2. The summed E-state index contributed by atoms with van der Waals surface area (Å²) in [6.45, 7) is 2.23. The minimum Gasteiger partial charge on any atom is -0.508 e. The number of primary amides is 1. The van der Waals surface area contributed by atoms with E-state index in [2.05, 4.69) is 63.2 Å². The highest BCUT2D eigenvalue weighted by Crippen LogP contribution is 2.21. The summed E-state index contributed by atoms with van der Waals surface area (Å²) in [6.07, 6.45) is 1.68. The molecule has 0 spiro atoms. The fraction of sp³-hybridized carbons (Fsp3) is 0.567. The van der Waals surface area contributed by atoms with E-state index in [1.807, 2.05) is 0 Å². The van der Waals surface area contributed by atoms with Crippen molar-refractivity contribution < 1.29 is 62.6 Å². The number of carbonyl (C=O) groups excluding carboxylic acids is 12. The molecule has 4 rings (SSSR count). The van der Waals surface area contributed by atoms with Crippen LogP contribution in [0, 0.1) is 5.92 Å². The van der Waals surface area contributed by atoms with Gasteiger partial charge in [-0.1, -0.05) is 62.7 Å². The first-order valence-corrected chi connectivity index (χ1v) is 31.2. The first kappa shape index (κ1) is 75.8. The number of phenols is 1. The van der Waals surface area contributed by atoms with E-state index < -0.39 is 144 Å². The molecule has 2 fully saturated rings. The molecule has 0 saturated carbocycles. The van der Waals surface area contributed by atoms with Crippen molar-refractivity contribution in [3.05, 3.63) is 65.7 Å². The second-order valence-corrected chi connectivity index (χ2v) is 22.9. The number of guanidine groups is 2. The fourth-order valence-electron chi connectivity index (χ4n) is 10.2. The Bertz CT molecular complexity index is 2930. The monoisotopic (exact) mass is 1300 g/mol. The molecule has 25 N–H and O–H groups in total. The number of nitrogens with zero attached hydrogens (tertiary/aromatic N) is 3. The number of benzene rings is 2. The molecule has 2 aromatic rings. The van der Waals surface area contributed by atoms with Crippen LogP contribution in [0.2, 0.25) is 0 Å². The van der Waals surface area contributed by atoms with Gasteiger partial charge in [-0.15, -0.1) is 0 Å². The molecule has 0 radical (unpaired) electrons. The zero-order chi connectivity index (χ0) is 68.6. The third kappa shape index (κ3) is 26.6. The van der Waals surface area contributed by atoms with E-state index in [-0.39, 0.29) is 121 Å². The van der Waals surface area contributed by atoms with Crippen molar-refractivity contribution in [2.75, 3.05) is 45.8 Å². The Hall–Kier alpha value is -9.66. The van der Waals surface area contributed by atoms with Crippen LogP contribution in [0.4, 0.5) is 0 Å². The molecule has 93 heavy (non-hydrogen) atoms. The minimum absolute atomic E-state index is 0.00527. The summed E-state index contributed by atoms with van der Waals surface area (Å²) in [5.74, 6) is -11.5. The number of amides is 12. The zero-order valence-corrected chi connectivity index (χ0v) is 52.8. The number of phenolic OH excluding ortho intramolecular Hbond substituents is 1. The predicted molar refractivity (Wildman–Crippen MR) is 342 cm³/mol. The Morgan fingerprint density at radius 1 is 0.656 bits per heavy atom. The van der Waals surface area contributed by atoms with E-state index in [9.17, 15) is 62.6 Å². The Kier molecular flexibility index (Phi) is 32.2. The summed E-state index contributed by atoms with van der Waals surface area (Å²) in [4.78, 5) is 177. The molecule has 0 aromatic heterocycles. The number of carbonyl (C=O) groups is 12. The van der Waals surface area contributed by atoms with Crippen molar-refractivity contribution in [3.63, 3.8) is 0 Å². The first-order chi connectivity index (χ1) is 44.3. The van der Waals surface area contributed by atoms with E-state index in [4.69, 9.17) is 40.1 Å². The molecule has 12 amide bonds. The Labute approximate surface area is 539 Å². The van der Waals surface area contributed by atoms with E-state index in [0.29, 0.717) is 36.9 Å². The molecule has 512 valence electrons. The average molecular weight is 1300 g/mol. The van der Waals surface area contributed by atoms with Gasteiger partial charge in [-0.05, 0) is 119 Å². The number of aliphatic imine (C=N–C) groups is 2. The second-order valence-electron chi connectivity index (χ2n) is 22.9. The standard InChI is InChI=1S/C60H94N20O13/c1-3-34(2)47-57(92)79-48(58(93)80-29-13-20-44(80)55(90)74-39(49(63)84)16-7-9-25-61)56(91)68-26-10-8-17-40(51(86)75-41(18-11-27-69-59(64)65)52(87)76-42(53(88)78-47)19-12-28-70-60(66)67)77-54(89)43(31-35-14-5-4-6-15-35)73-46(83)33-71-45(82)32-72-50(85)38(62)30-36-21-23-37(81)24-22-36/h4-6,14-15,21-24,34,38-44,47-48,81H,3,7-13,16-20,25-33,61-62H2,1-2H3,(H2,63,84)(H,68,91)(H,71,82)(H,72,85)(H,73,83)(H,74,90)(H,75,86)(H,76,87)(H,77,89)(H,78,88)(H,79,92)(H4,64,65,69)(H4,66,67,70)/t34-,38-,39-,40-,41-,42-,43-,44-,47-,48-/m0/s1. The normalized spacial score (nSPS) is 20.4. The van der Waals surface area contributed by atoms with E-state index in [1.165, 1.54) is 12.1 Å². The number of hydrogen-bond donors (Lipinski definition) is 18. The highest BCUT2D eigenvalue weighted by Gasteiger charge is 2.43. The molecule has 10 atom stereocenters. The lowest BCUT2D eigenvalue weighted by molar-refractivity contribution is -0.146. The molecule has 2 aliphatic heterocycles. The molecular weight excluding hydrogens is 1210 g/mol. The number of nitrogens with one attached hydrogen (secondary N) is 10. The summed E-state index contributed by atoms with van der Waals surface area (Å²) in [5, 5.41) is 35.5. The third-order valence-corrected chi connectivity index (χ3v) is 15.6. The van der Waals surface area contributed by atoms with Gasteiger partial charge < -0.3 is 103 Å². The van der Waals surface area contributed by atoms with Crippen molar-refractivity contribution >= 4 is 82.8 Å². The van der Waals surface area contributed by atoms with Gasteiger partial charge >= 0.3 is 0 Å². The zero-order valence-electron chi connectivity index (χ0n) is 52.8. The van der Waals surface area contributed by atoms with Crippen molar-refractivity contribution in [2.45, 2.75) is 165 Å². The van der Waals surface area contributed by atoms with Crippen LogP contribution >= 0.6 is 0 Å². The Balaban J connectivity index is 1.69. The number of rotatable bonds is 30. The van der Waals surface area contributed by atoms with Gasteiger partial charge in [0.05, 0.1) is 19.1 Å². The molecule has 2 aromatic carbocycles. The quantitative estimate of drug-likeness (QED) is 0.0150. The molecule has 33 nitrogen and oxygen atoms in total. The summed E-state index contributed by atoms with van der Waals surface area (Å²) >= 11 is 0. The lowest BCUT2D eigenvalue weighted by Gasteiger charge is -2.31. The highest BCUT2D eigenvalue weighted by molar-refractivity contribution is 6.09. The fourth-order valence-corrected chi connectivity index (χ4v) is 10.2. The Morgan fingerprint density at radius 3 is 1.88 bits per heavy atom. The van der Waals surface area contributed by atoms with E-state index in [1.54, 1.807) is 56.3 Å². The molecule has 33 heteroatoms. The lowest BCUT2D eigenvalue weighted by atomic mass is 9.97. The molecule has 0 bridgehead atoms. The van der Waals surface area contributed by atoms with Gasteiger partial charge in [0.15, 0.2) is 18.0 Å². The van der Waals surface area contributed by atoms with Crippen molar-refractivity contribution in [1.82, 2.24) is 58.1 Å². The van der Waals surface area contributed by atoms with Crippen LogP contribution < -0.4 is 93.3 Å². The third-order valence-electron chi connectivity index (χ3n) is 15.6. The molecular formula is C60H94N20O13. The summed E-state index contributed by atoms with van der Waals surface area (Å²) < 4.78 is 0. The summed E-state index contributed by atoms with van der Waals surface area (Å²) in [7, 11) is 0. The van der Waals surface area contributed by atoms with Crippen LogP contribution in [-0.2, 0) is 70.4 Å². The van der Waals surface area contributed by atoms with Gasteiger partial charge in [-0.2, -0.15) is 0 Å². The predicted octanol–water partition coefficient (Wildman–Crippen LogP) is -5.81. The number of hydrogen-bond acceptors (Lipinski definition) is 17. The van der Waals surface area contributed by atoms with Crippen LogP contribution in [0.25, 0.3) is 0 Å². The van der Waals surface area contributed by atoms with Crippen LogP contribution in [0.5, 0.6) is 5.75 Å². The molecule has 0 unspecified atom stereocenters. The molecule has 2 saturated heterocycles. The van der Waals surface area contributed by atoms with Gasteiger partial charge in [-0.25, -0.2) is 0 Å². The highest BCUT2D eigenvalue weighted by atomic mass is 16.3. The van der Waals surface area contributed by atoms with Crippen LogP contribution in [0.15, 0.2) is 64.6 Å². The van der Waals surface area contributed by atoms with Gasteiger partial charge in [0.2, 0.25) is 59.1 Å². The lowest BCUT2D eigenvalue weighted by Crippen LogP contribution is -2.63. The van der Waals surface area contributed by atoms with Crippen LogP contribution in [-0.4, -0.2) is 193 Å². The van der Waals surface area contributed by atoms with E-state index in [0.717, 1.165) is 4.90 Å². The summed E-state index contributed by atoms with van der Waals surface area (Å²) in [5.41, 5.74) is 40.8. The summed E-state index contributed by atoms with van der Waals surface area (Å²) in [6, 6.07) is 1.93. The van der Waals surface area contributed by atoms with Crippen LogP contribution in [0.3, 0.4) is 0 Å². The van der Waals surface area contributed by atoms with Crippen LogP contribution in [0.1, 0.15) is 108 Å². The molecule has 0 aliphatic carbocycles. The largest absolute Gasteiger partial charge is 0.508 e. The second kappa shape index (κ2) is 39.6. The molecule has 2 heterocycles. The average Bonchev–Trinajstić information content (AvgIpc) is 1.85.